The van der Waals surface area contributed by atoms with Gasteiger partial charge in [-0.25, -0.2) is 9.48 Å². The maximum Gasteiger partial charge on any atom is 0.326 e. The molecule has 1 aromatic heterocycles. The second-order valence-electron chi connectivity index (χ2n) is 4.14. The molecular weight excluding hydrogens is 226 g/mol. The maximum atomic E-state index is 11.5. The van der Waals surface area contributed by atoms with Crippen LogP contribution in [0.1, 0.15) is 19.3 Å². The summed E-state index contributed by atoms with van der Waals surface area (Å²) in [7, 11) is 0. The van der Waals surface area contributed by atoms with Gasteiger partial charge in [0.25, 0.3) is 0 Å². The molecule has 1 unspecified atom stereocenters. The molecule has 1 aliphatic carbocycles. The van der Waals surface area contributed by atoms with Crippen molar-refractivity contribution in [2.75, 3.05) is 0 Å². The van der Waals surface area contributed by atoms with E-state index >= 15 is 0 Å². The van der Waals surface area contributed by atoms with Crippen LogP contribution in [-0.4, -0.2) is 43.2 Å². The minimum absolute atomic E-state index is 0.0680. The minimum atomic E-state index is -0.998. The number of nitrogens with one attached hydrogen (secondary N) is 1. The zero-order chi connectivity index (χ0) is 12.3. The summed E-state index contributed by atoms with van der Waals surface area (Å²) in [5.74, 6) is -0.961. The third kappa shape index (κ3) is 3.51. The first kappa shape index (κ1) is 11.5. The van der Waals surface area contributed by atoms with Crippen molar-refractivity contribution < 1.29 is 14.7 Å². The van der Waals surface area contributed by atoms with E-state index in [4.69, 9.17) is 5.11 Å². The fourth-order valence-electron chi connectivity index (χ4n) is 1.55. The molecule has 1 saturated carbocycles. The van der Waals surface area contributed by atoms with Crippen molar-refractivity contribution in [3.8, 4) is 0 Å². The van der Waals surface area contributed by atoms with E-state index in [2.05, 4.69) is 20.8 Å². The lowest BCUT2D eigenvalue weighted by Gasteiger charge is -2.13. The Morgan fingerprint density at radius 1 is 1.53 bits per heavy atom. The van der Waals surface area contributed by atoms with Gasteiger partial charge in [0.15, 0.2) is 0 Å². The van der Waals surface area contributed by atoms with E-state index < -0.39 is 17.9 Å². The molecule has 0 aliphatic heterocycles. The molecule has 1 aromatic rings. The first-order valence-corrected chi connectivity index (χ1v) is 5.38. The zero-order valence-electron chi connectivity index (χ0n) is 9.11. The van der Waals surface area contributed by atoms with Crippen LogP contribution in [-0.2, 0) is 16.1 Å². The highest BCUT2D eigenvalue weighted by Gasteiger charge is 2.30. The first-order chi connectivity index (χ1) is 8.15. The molecule has 2 rings (SSSR count). The van der Waals surface area contributed by atoms with E-state index in [1.807, 2.05) is 0 Å². The monoisotopic (exact) mass is 239 g/mol. The molecular formula is C9H13N5O3. The van der Waals surface area contributed by atoms with Gasteiger partial charge in [0.1, 0.15) is 18.9 Å². The van der Waals surface area contributed by atoms with Gasteiger partial charge in [-0.3, -0.25) is 4.79 Å². The number of aliphatic carboxylic acids is 1. The maximum absolute atomic E-state index is 11.5. The Labute approximate surface area is 97.0 Å². The van der Waals surface area contributed by atoms with Gasteiger partial charge in [0.05, 0.1) is 0 Å². The van der Waals surface area contributed by atoms with Crippen molar-refractivity contribution in [3.63, 3.8) is 0 Å². The summed E-state index contributed by atoms with van der Waals surface area (Å²) in [5.41, 5.74) is 0. The van der Waals surface area contributed by atoms with Crippen molar-refractivity contribution >= 4 is 11.9 Å². The number of hydrogen-bond donors (Lipinski definition) is 2. The molecule has 1 heterocycles. The summed E-state index contributed by atoms with van der Waals surface area (Å²) in [4.78, 5) is 22.5. The van der Waals surface area contributed by atoms with Crippen LogP contribution in [0.5, 0.6) is 0 Å². The van der Waals surface area contributed by atoms with E-state index in [1.54, 1.807) is 0 Å². The first-order valence-electron chi connectivity index (χ1n) is 5.38. The third-order valence-corrected chi connectivity index (χ3v) is 2.60. The Balaban J connectivity index is 1.83. The number of rotatable bonds is 6. The Bertz CT molecular complexity index is 401. The summed E-state index contributed by atoms with van der Waals surface area (Å²) in [6.07, 6.45) is 3.90. The molecule has 2 N–H and O–H groups in total. The third-order valence-electron chi connectivity index (χ3n) is 2.60. The number of hydrogen-bond acceptors (Lipinski definition) is 5. The van der Waals surface area contributed by atoms with Crippen LogP contribution in [0.15, 0.2) is 6.33 Å². The van der Waals surface area contributed by atoms with Crippen molar-refractivity contribution in [3.05, 3.63) is 6.33 Å². The molecule has 92 valence electrons. The molecule has 0 spiro atoms. The molecule has 0 saturated heterocycles. The van der Waals surface area contributed by atoms with Gasteiger partial charge in [0.2, 0.25) is 5.91 Å². The van der Waals surface area contributed by atoms with E-state index in [0.29, 0.717) is 12.3 Å². The Kier molecular flexibility index (Phi) is 3.31. The number of carboxylic acid groups (broad SMARTS) is 1. The number of carbonyl (C=O) groups excluding carboxylic acids is 1. The van der Waals surface area contributed by atoms with Crippen molar-refractivity contribution in [1.82, 2.24) is 25.5 Å². The van der Waals surface area contributed by atoms with Crippen LogP contribution in [0.4, 0.5) is 0 Å². The molecule has 0 aromatic carbocycles. The lowest BCUT2D eigenvalue weighted by Crippen LogP contribution is -2.42. The highest BCUT2D eigenvalue weighted by molar-refractivity contribution is 5.83. The molecule has 0 radical (unpaired) electrons. The molecule has 8 heteroatoms. The Morgan fingerprint density at radius 2 is 2.29 bits per heavy atom. The standard InChI is InChI=1S/C9H13N5O3/c15-8(4-14-5-10-12-13-14)11-7(9(16)17)3-6-1-2-6/h5-7H,1-4H2,(H,11,15)(H,16,17). The zero-order valence-corrected chi connectivity index (χ0v) is 9.11. The molecule has 0 bridgehead atoms. The van der Waals surface area contributed by atoms with E-state index in [0.717, 1.165) is 12.8 Å². The molecule has 8 nitrogen and oxygen atoms in total. The number of carbonyl (C=O) groups is 2. The lowest BCUT2D eigenvalue weighted by molar-refractivity contribution is -0.142. The van der Waals surface area contributed by atoms with Crippen LogP contribution >= 0.6 is 0 Å². The van der Waals surface area contributed by atoms with Crippen LogP contribution in [0, 0.1) is 5.92 Å². The van der Waals surface area contributed by atoms with Crippen LogP contribution in [0.2, 0.25) is 0 Å². The normalized spacial score (nSPS) is 16.5. The second-order valence-corrected chi connectivity index (χ2v) is 4.14. The second kappa shape index (κ2) is 4.89. The van der Waals surface area contributed by atoms with E-state index in [9.17, 15) is 9.59 Å². The van der Waals surface area contributed by atoms with Gasteiger partial charge in [-0.2, -0.15) is 0 Å². The topological polar surface area (TPSA) is 110 Å². The molecule has 1 amide bonds. The Hall–Kier alpha value is -1.99. The van der Waals surface area contributed by atoms with Gasteiger partial charge >= 0.3 is 5.97 Å². The summed E-state index contributed by atoms with van der Waals surface area (Å²) in [5, 5.41) is 21.7. The molecule has 1 aliphatic rings. The minimum Gasteiger partial charge on any atom is -0.480 e. The number of amides is 1. The summed E-state index contributed by atoms with van der Waals surface area (Å²) in [6, 6.07) is -0.813. The summed E-state index contributed by atoms with van der Waals surface area (Å²) < 4.78 is 1.24. The van der Waals surface area contributed by atoms with E-state index in [-0.39, 0.29) is 6.54 Å². The van der Waals surface area contributed by atoms with Crippen molar-refractivity contribution in [2.45, 2.75) is 31.8 Å². The number of aromatic nitrogens is 4. The van der Waals surface area contributed by atoms with Gasteiger partial charge in [0, 0.05) is 0 Å². The fraction of sp³-hybridized carbons (Fsp3) is 0.667. The fourth-order valence-corrected chi connectivity index (χ4v) is 1.55. The Morgan fingerprint density at radius 3 is 2.82 bits per heavy atom. The van der Waals surface area contributed by atoms with E-state index in [1.165, 1.54) is 11.0 Å². The smallest absolute Gasteiger partial charge is 0.326 e. The molecule has 17 heavy (non-hydrogen) atoms. The van der Waals surface area contributed by atoms with Gasteiger partial charge in [-0.05, 0) is 22.8 Å². The SMILES string of the molecule is O=C(Cn1cnnn1)NC(CC1CC1)C(=O)O. The highest BCUT2D eigenvalue weighted by atomic mass is 16.4. The molecule has 1 fully saturated rings. The van der Waals surface area contributed by atoms with Gasteiger partial charge in [-0.15, -0.1) is 5.10 Å². The summed E-state index contributed by atoms with van der Waals surface area (Å²) >= 11 is 0. The number of tetrazole rings is 1. The number of nitrogens with zero attached hydrogens (tertiary/aromatic N) is 4. The lowest BCUT2D eigenvalue weighted by atomic mass is 10.1. The number of carboxylic acids is 1. The van der Waals surface area contributed by atoms with Gasteiger partial charge in [-0.1, -0.05) is 12.8 Å². The van der Waals surface area contributed by atoms with Gasteiger partial charge < -0.3 is 10.4 Å². The van der Waals surface area contributed by atoms with Crippen LogP contribution in [0.25, 0.3) is 0 Å². The van der Waals surface area contributed by atoms with Crippen molar-refractivity contribution in [2.24, 2.45) is 5.92 Å². The van der Waals surface area contributed by atoms with Crippen molar-refractivity contribution in [1.29, 1.82) is 0 Å². The largest absolute Gasteiger partial charge is 0.480 e. The summed E-state index contributed by atoms with van der Waals surface area (Å²) in [6.45, 7) is -0.0680. The highest BCUT2D eigenvalue weighted by Crippen LogP contribution is 2.33. The average Bonchev–Trinajstić information content (AvgIpc) is 2.93. The predicted molar refractivity (Wildman–Crippen MR) is 54.7 cm³/mol. The predicted octanol–water partition coefficient (Wildman–Crippen LogP) is -0.957. The molecule has 1 atom stereocenters. The van der Waals surface area contributed by atoms with Crippen LogP contribution < -0.4 is 5.32 Å². The van der Waals surface area contributed by atoms with Crippen LogP contribution in [0.3, 0.4) is 0 Å². The average molecular weight is 239 g/mol. The quantitative estimate of drug-likeness (QED) is 0.661.